The van der Waals surface area contributed by atoms with E-state index < -0.39 is 10.0 Å². The lowest BCUT2D eigenvalue weighted by molar-refractivity contribution is 0.590. The van der Waals surface area contributed by atoms with Gasteiger partial charge in [0.2, 0.25) is 0 Å². The van der Waals surface area contributed by atoms with Gasteiger partial charge in [-0.2, -0.15) is 0 Å². The molecule has 0 fully saturated rings. The summed E-state index contributed by atoms with van der Waals surface area (Å²) in [6.45, 7) is 0. The van der Waals surface area contributed by atoms with Crippen LogP contribution in [0.1, 0.15) is 0 Å². The van der Waals surface area contributed by atoms with Crippen LogP contribution >= 0.6 is 11.6 Å². The van der Waals surface area contributed by atoms with Crippen LogP contribution in [0.3, 0.4) is 0 Å². The Morgan fingerprint density at radius 1 is 0.759 bits per heavy atom. The molecule has 0 radical (unpaired) electrons. The molecule has 0 unspecified atom stereocenters. The average Bonchev–Trinajstić information content (AvgIpc) is 3.08. The first-order valence-corrected chi connectivity index (χ1v) is 10.8. The number of hydrogen-bond donors (Lipinski definition) is 0. The normalized spacial score (nSPS) is 11.9. The number of benzene rings is 3. The number of fused-ring (bicyclic) bond motifs is 3. The van der Waals surface area contributed by atoms with Crippen LogP contribution in [0.25, 0.3) is 33.1 Å². The van der Waals surface area contributed by atoms with Crippen LogP contribution in [0, 0.1) is 0 Å². The Bertz CT molecular complexity index is 1460. The van der Waals surface area contributed by atoms with Gasteiger partial charge in [0.25, 0.3) is 10.0 Å². The van der Waals surface area contributed by atoms with Crippen LogP contribution in [0.4, 0.5) is 0 Å². The molecule has 142 valence electrons. The van der Waals surface area contributed by atoms with Crippen LogP contribution in [0.15, 0.2) is 96.0 Å². The number of nitrogens with zero attached hydrogens (tertiary/aromatic N) is 2. The highest BCUT2D eigenvalue weighted by Gasteiger charge is 2.24. The van der Waals surface area contributed by atoms with E-state index in [2.05, 4.69) is 4.98 Å². The summed E-state index contributed by atoms with van der Waals surface area (Å²) in [5, 5.41) is 1.94. The van der Waals surface area contributed by atoms with Crippen molar-refractivity contribution in [3.63, 3.8) is 0 Å². The third-order valence-electron chi connectivity index (χ3n) is 4.92. The summed E-state index contributed by atoms with van der Waals surface area (Å²) in [7, 11) is -3.83. The van der Waals surface area contributed by atoms with Crippen LogP contribution in [0.5, 0.6) is 0 Å². The fourth-order valence-corrected chi connectivity index (χ4v) is 5.25. The van der Waals surface area contributed by atoms with E-state index >= 15 is 0 Å². The first kappa shape index (κ1) is 17.9. The molecule has 5 rings (SSSR count). The zero-order valence-corrected chi connectivity index (χ0v) is 16.7. The molecular weight excluding hydrogens is 404 g/mol. The van der Waals surface area contributed by atoms with Crippen LogP contribution in [-0.4, -0.2) is 17.4 Å². The maximum Gasteiger partial charge on any atom is 0.269 e. The van der Waals surface area contributed by atoms with Gasteiger partial charge in [0.05, 0.1) is 15.4 Å². The van der Waals surface area contributed by atoms with E-state index in [1.807, 2.05) is 48.5 Å². The minimum atomic E-state index is -3.83. The number of halogens is 1. The molecule has 5 aromatic rings. The predicted molar refractivity (Wildman–Crippen MR) is 117 cm³/mol. The Morgan fingerprint density at radius 3 is 2.17 bits per heavy atom. The smallest absolute Gasteiger partial charge is 0.236 e. The highest BCUT2D eigenvalue weighted by molar-refractivity contribution is 7.90. The van der Waals surface area contributed by atoms with Gasteiger partial charge in [-0.25, -0.2) is 17.4 Å². The van der Waals surface area contributed by atoms with Gasteiger partial charge in [-0.15, -0.1) is 0 Å². The molecule has 0 saturated heterocycles. The standard InChI is InChI=1S/C23H15ClN2O2S/c24-18-14-21-20-13-17(16-7-3-1-4-8-16)11-12-22(20)26(23(21)25-15-18)29(27,28)19-9-5-2-6-10-19/h1-15H. The Kier molecular flexibility index (Phi) is 4.15. The van der Waals surface area contributed by atoms with Gasteiger partial charge in [-0.1, -0.05) is 66.2 Å². The fraction of sp³-hybridized carbons (Fsp3) is 0. The molecule has 0 spiro atoms. The molecule has 2 heterocycles. The lowest BCUT2D eigenvalue weighted by Crippen LogP contribution is -2.13. The Hall–Kier alpha value is -3.15. The van der Waals surface area contributed by atoms with E-state index in [0.717, 1.165) is 16.5 Å². The molecule has 4 nitrogen and oxygen atoms in total. The van der Waals surface area contributed by atoms with Gasteiger partial charge in [-0.05, 0) is 41.5 Å². The molecule has 29 heavy (non-hydrogen) atoms. The van der Waals surface area contributed by atoms with E-state index in [1.54, 1.807) is 36.4 Å². The minimum Gasteiger partial charge on any atom is -0.236 e. The number of aromatic nitrogens is 2. The Morgan fingerprint density at radius 2 is 1.45 bits per heavy atom. The molecule has 0 aliphatic heterocycles. The summed E-state index contributed by atoms with van der Waals surface area (Å²) < 4.78 is 28.2. The van der Waals surface area contributed by atoms with Crippen molar-refractivity contribution in [3.8, 4) is 11.1 Å². The van der Waals surface area contributed by atoms with E-state index in [1.165, 1.54) is 10.2 Å². The van der Waals surface area contributed by atoms with Gasteiger partial charge < -0.3 is 0 Å². The highest BCUT2D eigenvalue weighted by atomic mass is 35.5. The van der Waals surface area contributed by atoms with Gasteiger partial charge in [0.1, 0.15) is 0 Å². The second kappa shape index (κ2) is 6.72. The summed E-state index contributed by atoms with van der Waals surface area (Å²) in [4.78, 5) is 4.57. The topological polar surface area (TPSA) is 52.0 Å². The Balaban J connectivity index is 1.87. The molecule has 6 heteroatoms. The van der Waals surface area contributed by atoms with Crippen molar-refractivity contribution in [2.24, 2.45) is 0 Å². The van der Waals surface area contributed by atoms with Gasteiger partial charge in [0.15, 0.2) is 5.65 Å². The molecule has 2 aromatic heterocycles. The molecule has 0 bridgehead atoms. The highest BCUT2D eigenvalue weighted by Crippen LogP contribution is 2.35. The van der Waals surface area contributed by atoms with E-state index in [9.17, 15) is 8.42 Å². The van der Waals surface area contributed by atoms with Crippen LogP contribution in [-0.2, 0) is 10.0 Å². The van der Waals surface area contributed by atoms with E-state index in [-0.39, 0.29) is 4.90 Å². The maximum absolute atomic E-state index is 13.5. The van der Waals surface area contributed by atoms with Crippen molar-refractivity contribution >= 4 is 43.6 Å². The summed E-state index contributed by atoms with van der Waals surface area (Å²) in [6.07, 6.45) is 1.47. The number of pyridine rings is 1. The summed E-state index contributed by atoms with van der Waals surface area (Å²) in [5.74, 6) is 0. The second-order valence-electron chi connectivity index (χ2n) is 6.71. The third-order valence-corrected chi connectivity index (χ3v) is 6.84. The Labute approximate surface area is 173 Å². The second-order valence-corrected chi connectivity index (χ2v) is 8.93. The third kappa shape index (κ3) is 2.90. The van der Waals surface area contributed by atoms with Crippen molar-refractivity contribution in [2.75, 3.05) is 0 Å². The largest absolute Gasteiger partial charge is 0.269 e. The van der Waals surface area contributed by atoms with Gasteiger partial charge in [0, 0.05) is 17.0 Å². The molecule has 3 aromatic carbocycles. The molecule has 0 amide bonds. The van der Waals surface area contributed by atoms with Gasteiger partial charge >= 0.3 is 0 Å². The quantitative estimate of drug-likeness (QED) is 0.375. The summed E-state index contributed by atoms with van der Waals surface area (Å²) >= 11 is 6.20. The predicted octanol–water partition coefficient (Wildman–Crippen LogP) is 5.75. The zero-order valence-electron chi connectivity index (χ0n) is 15.2. The fourth-order valence-electron chi connectivity index (χ4n) is 3.59. The number of rotatable bonds is 3. The minimum absolute atomic E-state index is 0.211. The summed E-state index contributed by atoms with van der Waals surface area (Å²) in [6, 6.07) is 25.8. The molecule has 0 atom stereocenters. The van der Waals surface area contributed by atoms with E-state index in [0.29, 0.717) is 21.6 Å². The number of hydrogen-bond acceptors (Lipinski definition) is 3. The first-order chi connectivity index (χ1) is 14.1. The van der Waals surface area contributed by atoms with Crippen molar-refractivity contribution in [1.82, 2.24) is 8.96 Å². The van der Waals surface area contributed by atoms with Crippen molar-refractivity contribution in [1.29, 1.82) is 0 Å². The SMILES string of the molecule is O=S(=O)(c1ccccc1)n1c2ccc(-c3ccccc3)cc2c2cc(Cl)cnc21. The molecule has 0 aliphatic carbocycles. The lowest BCUT2D eigenvalue weighted by Gasteiger charge is -2.09. The first-order valence-electron chi connectivity index (χ1n) is 9.01. The lowest BCUT2D eigenvalue weighted by atomic mass is 10.0. The average molecular weight is 419 g/mol. The van der Waals surface area contributed by atoms with Crippen LogP contribution < -0.4 is 0 Å². The molecule has 0 saturated carbocycles. The van der Waals surface area contributed by atoms with Crippen molar-refractivity contribution in [3.05, 3.63) is 96.1 Å². The summed E-state index contributed by atoms with van der Waals surface area (Å²) in [5.41, 5.74) is 2.97. The van der Waals surface area contributed by atoms with E-state index in [4.69, 9.17) is 11.6 Å². The monoisotopic (exact) mass is 418 g/mol. The molecule has 0 N–H and O–H groups in total. The van der Waals surface area contributed by atoms with Crippen molar-refractivity contribution in [2.45, 2.75) is 4.90 Å². The molecular formula is C23H15ClN2O2S. The van der Waals surface area contributed by atoms with Crippen molar-refractivity contribution < 1.29 is 8.42 Å². The zero-order chi connectivity index (χ0) is 20.0. The molecule has 0 aliphatic rings. The maximum atomic E-state index is 13.5. The van der Waals surface area contributed by atoms with Gasteiger partial charge in [-0.3, -0.25) is 0 Å². The van der Waals surface area contributed by atoms with Crippen LogP contribution in [0.2, 0.25) is 5.02 Å².